The highest BCUT2D eigenvalue weighted by Gasteiger charge is 1.98. The smallest absolute Gasteiger partial charge is 0.0878 e. The first-order valence-corrected chi connectivity index (χ1v) is 2.41. The maximum absolute atomic E-state index is 4.35. The van der Waals surface area contributed by atoms with E-state index < -0.39 is 0 Å². The van der Waals surface area contributed by atoms with Crippen molar-refractivity contribution in [1.29, 1.82) is 0 Å². The Morgan fingerprint density at radius 3 is 1.78 bits per heavy atom. The summed E-state index contributed by atoms with van der Waals surface area (Å²) < 4.78 is 0. The van der Waals surface area contributed by atoms with Crippen molar-refractivity contribution in [3.63, 3.8) is 0 Å². The largest absolute Gasteiger partial charge is 0.204 e. The highest BCUT2D eigenvalue weighted by Crippen LogP contribution is 1.93. The summed E-state index contributed by atoms with van der Waals surface area (Å²) in [5.41, 5.74) is 0. The van der Waals surface area contributed by atoms with Gasteiger partial charge in [0.1, 0.15) is 0 Å². The Morgan fingerprint density at radius 1 is 0.667 bits per heavy atom. The van der Waals surface area contributed by atoms with Gasteiger partial charge < -0.3 is 0 Å². The Morgan fingerprint density at radius 2 is 1.22 bits per heavy atom. The van der Waals surface area contributed by atoms with Crippen LogP contribution in [0.4, 0.5) is 0 Å². The lowest BCUT2D eigenvalue weighted by molar-refractivity contribution is -0.752. The van der Waals surface area contributed by atoms with E-state index in [0.29, 0.717) is 19.6 Å². The lowest BCUT2D eigenvalue weighted by Crippen LogP contribution is -1.96. The highest BCUT2D eigenvalue weighted by molar-refractivity contribution is 4.26. The molecule has 0 spiro atoms. The second-order valence-electron chi connectivity index (χ2n) is 1.27. The molecule has 0 radical (unpaired) electrons. The van der Waals surface area contributed by atoms with Gasteiger partial charge in [-0.1, -0.05) is 0 Å². The lowest BCUT2D eigenvalue weighted by Gasteiger charge is -1.93. The zero-order valence-corrected chi connectivity index (χ0v) is 4.57. The van der Waals surface area contributed by atoms with Crippen LogP contribution in [0.3, 0.4) is 0 Å². The van der Waals surface area contributed by atoms with Crippen molar-refractivity contribution in [2.75, 3.05) is 13.2 Å². The van der Waals surface area contributed by atoms with Crippen molar-refractivity contribution in [2.24, 2.45) is 0 Å². The lowest BCUT2D eigenvalue weighted by atomic mass is 10.5. The van der Waals surface area contributed by atoms with Gasteiger partial charge in [0.15, 0.2) is 0 Å². The molecule has 1 aliphatic heterocycles. The topological polar surface area (TPSA) is 55.4 Å². The Balaban J connectivity index is 2.02. The predicted molar refractivity (Wildman–Crippen MR) is 20.9 cm³/mol. The molecule has 9 heavy (non-hydrogen) atoms. The van der Waals surface area contributed by atoms with Gasteiger partial charge in [0.2, 0.25) is 0 Å². The zero-order valence-electron chi connectivity index (χ0n) is 4.57. The monoisotopic (exact) mass is 138 g/mol. The molecule has 0 aromatic heterocycles. The minimum atomic E-state index is 0.368. The van der Waals surface area contributed by atoms with Gasteiger partial charge in [0.25, 0.3) is 0 Å². The van der Waals surface area contributed by atoms with E-state index in [9.17, 15) is 0 Å². The summed E-state index contributed by atoms with van der Waals surface area (Å²) in [5.74, 6) is 0. The minimum absolute atomic E-state index is 0.368. The molecule has 1 heterocycles. The quantitative estimate of drug-likeness (QED) is 0.441. The Hall–Kier alpha value is -0.240. The molecule has 0 saturated carbocycles. The van der Waals surface area contributed by atoms with Crippen LogP contribution < -0.4 is 0 Å². The van der Waals surface area contributed by atoms with Gasteiger partial charge >= 0.3 is 0 Å². The molecule has 1 rings (SSSR count). The van der Waals surface area contributed by atoms with Crippen molar-refractivity contribution >= 4 is 0 Å². The molecule has 54 valence electrons. The van der Waals surface area contributed by atoms with Crippen LogP contribution in [0.2, 0.25) is 0 Å². The summed E-state index contributed by atoms with van der Waals surface area (Å²) in [4.78, 5) is 8.69. The molecule has 0 atom stereocenters. The van der Waals surface area contributed by atoms with E-state index in [-0.39, 0.29) is 0 Å². The fourth-order valence-electron chi connectivity index (χ4n) is 0.307. The van der Waals surface area contributed by atoms with Crippen LogP contribution >= 0.6 is 0 Å². The molecule has 1 aliphatic rings. The molecule has 0 amide bonds. The highest BCUT2D eigenvalue weighted by atomic mass is 17.8. The SMILES string of the molecule is C1COOOOOOC1. The van der Waals surface area contributed by atoms with Crippen LogP contribution in [0.1, 0.15) is 6.42 Å². The summed E-state index contributed by atoms with van der Waals surface area (Å²) >= 11 is 0. The van der Waals surface area contributed by atoms with Crippen LogP contribution in [0, 0.1) is 0 Å². The van der Waals surface area contributed by atoms with E-state index in [1.54, 1.807) is 0 Å². The normalized spacial score (nSPS) is 24.0. The first kappa shape index (κ1) is 6.87. The van der Waals surface area contributed by atoms with E-state index in [4.69, 9.17) is 0 Å². The van der Waals surface area contributed by atoms with Crippen molar-refractivity contribution < 1.29 is 29.9 Å². The summed E-state index contributed by atoms with van der Waals surface area (Å²) in [6.07, 6.45) is 0.646. The van der Waals surface area contributed by atoms with Crippen molar-refractivity contribution in [3.05, 3.63) is 0 Å². The molecular weight excluding hydrogens is 132 g/mol. The van der Waals surface area contributed by atoms with Crippen LogP contribution in [-0.4, -0.2) is 13.2 Å². The Bertz CT molecular complexity index is 36.8. The third kappa shape index (κ3) is 3.36. The molecule has 0 N–H and O–H groups in total. The summed E-state index contributed by atoms with van der Waals surface area (Å²) in [6, 6.07) is 0. The van der Waals surface area contributed by atoms with E-state index >= 15 is 0 Å². The van der Waals surface area contributed by atoms with Gasteiger partial charge in [0.05, 0.1) is 13.2 Å². The summed E-state index contributed by atoms with van der Waals surface area (Å²) in [7, 11) is 0. The molecule has 0 aromatic rings. The van der Waals surface area contributed by atoms with Crippen molar-refractivity contribution in [3.8, 4) is 0 Å². The first-order valence-electron chi connectivity index (χ1n) is 2.41. The van der Waals surface area contributed by atoms with Crippen LogP contribution in [0.5, 0.6) is 0 Å². The predicted octanol–water partition coefficient (Wildman–Crippen LogP) is 0.0647. The molecular formula is C3H6O6. The van der Waals surface area contributed by atoms with Gasteiger partial charge in [-0.15, -0.1) is 0 Å². The number of hydrogen-bond donors (Lipinski definition) is 0. The maximum atomic E-state index is 4.35. The molecule has 6 nitrogen and oxygen atoms in total. The molecule has 0 aromatic carbocycles. The van der Waals surface area contributed by atoms with Gasteiger partial charge in [-0.25, -0.2) is 9.78 Å². The molecule has 1 saturated heterocycles. The molecule has 6 heteroatoms. The van der Waals surface area contributed by atoms with Gasteiger partial charge in [-0.2, -0.15) is 0 Å². The second-order valence-corrected chi connectivity index (χ2v) is 1.27. The summed E-state index contributed by atoms with van der Waals surface area (Å²) in [6.45, 7) is 0.736. The maximum Gasteiger partial charge on any atom is 0.0878 e. The van der Waals surface area contributed by atoms with Crippen LogP contribution in [0.15, 0.2) is 0 Å². The average molecular weight is 138 g/mol. The molecule has 0 aliphatic carbocycles. The minimum Gasteiger partial charge on any atom is -0.204 e. The van der Waals surface area contributed by atoms with E-state index in [0.717, 1.165) is 0 Å². The summed E-state index contributed by atoms with van der Waals surface area (Å²) in [5, 5.41) is 15.4. The fraction of sp³-hybridized carbons (Fsp3) is 1.00. The van der Waals surface area contributed by atoms with Gasteiger partial charge in [-0.3, -0.25) is 0 Å². The van der Waals surface area contributed by atoms with E-state index in [1.807, 2.05) is 0 Å². The molecule has 1 fully saturated rings. The number of hydrogen-bond acceptors (Lipinski definition) is 6. The van der Waals surface area contributed by atoms with Crippen LogP contribution in [0.25, 0.3) is 0 Å². The van der Waals surface area contributed by atoms with Gasteiger partial charge in [-0.05, 0) is 20.2 Å². The van der Waals surface area contributed by atoms with Gasteiger partial charge in [0, 0.05) is 6.42 Å². The zero-order chi connectivity index (χ0) is 6.36. The first-order chi connectivity index (χ1) is 4.50. The Kier molecular flexibility index (Phi) is 3.53. The average Bonchev–Trinajstić information content (AvgIpc) is 2.00. The van der Waals surface area contributed by atoms with E-state index in [1.165, 1.54) is 0 Å². The number of rotatable bonds is 0. The fourth-order valence-corrected chi connectivity index (χ4v) is 0.307. The molecule has 0 unspecified atom stereocenters. The Labute approximate surface area is 50.8 Å². The standard InChI is InChI=1S/C3H6O6/c1-2-4-6-8-9-7-5-3-1/h1-3H2. The third-order valence-electron chi connectivity index (χ3n) is 0.635. The second kappa shape index (κ2) is 4.62. The van der Waals surface area contributed by atoms with Crippen LogP contribution in [-0.2, 0) is 29.9 Å². The third-order valence-corrected chi connectivity index (χ3v) is 0.635. The molecule has 0 bridgehead atoms. The van der Waals surface area contributed by atoms with Crippen molar-refractivity contribution in [2.45, 2.75) is 6.42 Å². The van der Waals surface area contributed by atoms with E-state index in [2.05, 4.69) is 29.9 Å². The van der Waals surface area contributed by atoms with Crippen molar-refractivity contribution in [1.82, 2.24) is 0 Å².